The summed E-state index contributed by atoms with van der Waals surface area (Å²) in [6, 6.07) is 85.1. The lowest BCUT2D eigenvalue weighted by Crippen LogP contribution is -2.07. The molecule has 0 bridgehead atoms. The number of rotatable bonds is 8. The Labute approximate surface area is 392 Å². The predicted octanol–water partition coefficient (Wildman–Crippen LogP) is 15.5. The highest BCUT2D eigenvalue weighted by molar-refractivity contribution is 6.24. The van der Waals surface area contributed by atoms with Gasteiger partial charge in [-0.2, -0.15) is 9.97 Å². The molecule has 0 unspecified atom stereocenters. The first-order valence-corrected chi connectivity index (χ1v) is 22.9. The zero-order valence-corrected chi connectivity index (χ0v) is 36.8. The fraction of sp³-hybridized carbons (Fsp3) is 0. The van der Waals surface area contributed by atoms with Crippen molar-refractivity contribution in [3.05, 3.63) is 243 Å². The largest absolute Gasteiger partial charge is 0.307 e. The topological polar surface area (TPSA) is 61.4 Å². The minimum atomic E-state index is 0.526. The zero-order chi connectivity index (χ0) is 45.0. The van der Waals surface area contributed by atoms with Crippen LogP contribution in [-0.4, -0.2) is 29.1 Å². The van der Waals surface area contributed by atoms with Crippen molar-refractivity contribution in [3.63, 3.8) is 0 Å². The van der Waals surface area contributed by atoms with Crippen molar-refractivity contribution in [1.29, 1.82) is 0 Å². The van der Waals surface area contributed by atoms with Crippen molar-refractivity contribution >= 4 is 43.6 Å². The Morgan fingerprint density at radius 2 is 0.691 bits per heavy atom. The third-order valence-electron chi connectivity index (χ3n) is 13.0. The van der Waals surface area contributed by atoms with Crippen LogP contribution in [0.25, 0.3) is 123 Å². The Kier molecular flexibility index (Phi) is 9.39. The van der Waals surface area contributed by atoms with E-state index in [1.165, 1.54) is 5.56 Å². The summed E-state index contributed by atoms with van der Waals surface area (Å²) in [5, 5.41) is 4.50. The molecule has 6 heteroatoms. The van der Waals surface area contributed by atoms with E-state index < -0.39 is 0 Å². The van der Waals surface area contributed by atoms with Gasteiger partial charge in [0.25, 0.3) is 0 Å². The van der Waals surface area contributed by atoms with Gasteiger partial charge >= 0.3 is 0 Å². The lowest BCUT2D eigenvalue weighted by atomic mass is 10.0. The van der Waals surface area contributed by atoms with Gasteiger partial charge < -0.3 is 4.57 Å². The summed E-state index contributed by atoms with van der Waals surface area (Å²) in [6.07, 6.45) is 0. The summed E-state index contributed by atoms with van der Waals surface area (Å²) in [6.45, 7) is 0. The second kappa shape index (κ2) is 16.3. The van der Waals surface area contributed by atoms with Gasteiger partial charge in [0.05, 0.1) is 33.5 Å². The Morgan fingerprint density at radius 1 is 0.250 bits per heavy atom. The second-order valence-corrected chi connectivity index (χ2v) is 17.1. The molecule has 0 saturated carbocycles. The molecule has 0 radical (unpaired) electrons. The molecule has 318 valence electrons. The first-order chi connectivity index (χ1) is 33.7. The minimum Gasteiger partial charge on any atom is -0.307 e. The molecule has 13 aromatic rings. The van der Waals surface area contributed by atoms with E-state index in [1.807, 2.05) is 36.4 Å². The van der Waals surface area contributed by atoms with E-state index >= 15 is 0 Å². The van der Waals surface area contributed by atoms with Crippen molar-refractivity contribution in [1.82, 2.24) is 29.1 Å². The molecule has 0 fully saturated rings. The zero-order valence-electron chi connectivity index (χ0n) is 36.8. The Balaban J connectivity index is 1.11. The van der Waals surface area contributed by atoms with Gasteiger partial charge in [0.15, 0.2) is 11.6 Å². The molecule has 0 spiro atoms. The molecular weight excluding hydrogens is 829 g/mol. The van der Waals surface area contributed by atoms with Crippen LogP contribution in [-0.2, 0) is 0 Å². The van der Waals surface area contributed by atoms with Gasteiger partial charge in [-0.25, -0.2) is 9.97 Å². The monoisotopic (exact) mass is 868 g/mol. The van der Waals surface area contributed by atoms with E-state index in [9.17, 15) is 0 Å². The highest BCUT2D eigenvalue weighted by Crippen LogP contribution is 2.43. The van der Waals surface area contributed by atoms with Crippen molar-refractivity contribution in [2.24, 2.45) is 0 Å². The second-order valence-electron chi connectivity index (χ2n) is 17.1. The van der Waals surface area contributed by atoms with E-state index in [2.05, 4.69) is 215 Å². The molecule has 9 aromatic carbocycles. The third kappa shape index (κ3) is 6.74. The normalized spacial score (nSPS) is 11.5. The van der Waals surface area contributed by atoms with Gasteiger partial charge in [-0.05, 0) is 76.9 Å². The molecule has 0 N–H and O–H groups in total. The molecule has 0 aliphatic carbocycles. The molecular formula is C62H40N6. The summed E-state index contributed by atoms with van der Waals surface area (Å²) < 4.78 is 4.68. The number of aromatic nitrogens is 6. The summed E-state index contributed by atoms with van der Waals surface area (Å²) in [7, 11) is 0. The Hall–Kier alpha value is -9.26. The minimum absolute atomic E-state index is 0.526. The van der Waals surface area contributed by atoms with Crippen LogP contribution in [0.15, 0.2) is 243 Å². The summed E-state index contributed by atoms with van der Waals surface area (Å²) in [4.78, 5) is 21.2. The fourth-order valence-corrected chi connectivity index (χ4v) is 9.77. The predicted molar refractivity (Wildman–Crippen MR) is 279 cm³/mol. The van der Waals surface area contributed by atoms with Gasteiger partial charge in [-0.15, -0.1) is 0 Å². The third-order valence-corrected chi connectivity index (χ3v) is 13.0. The van der Waals surface area contributed by atoms with E-state index in [1.54, 1.807) is 0 Å². The van der Waals surface area contributed by atoms with Crippen LogP contribution in [0.4, 0.5) is 0 Å². The molecule has 0 aliphatic heterocycles. The first-order valence-electron chi connectivity index (χ1n) is 22.9. The van der Waals surface area contributed by atoms with Crippen molar-refractivity contribution in [2.75, 3.05) is 0 Å². The molecule has 4 heterocycles. The van der Waals surface area contributed by atoms with Gasteiger partial charge in [0.2, 0.25) is 5.95 Å². The highest BCUT2D eigenvalue weighted by atomic mass is 15.2. The van der Waals surface area contributed by atoms with E-state index in [-0.39, 0.29) is 0 Å². The number of hydrogen-bond acceptors (Lipinski definition) is 4. The lowest BCUT2D eigenvalue weighted by molar-refractivity contribution is 0.953. The van der Waals surface area contributed by atoms with Crippen LogP contribution in [0.2, 0.25) is 0 Å². The quantitative estimate of drug-likeness (QED) is 0.153. The van der Waals surface area contributed by atoms with Crippen LogP contribution in [0.3, 0.4) is 0 Å². The fourth-order valence-electron chi connectivity index (χ4n) is 9.77. The lowest BCUT2D eigenvalue weighted by Gasteiger charge is -2.13. The molecule has 0 amide bonds. The summed E-state index contributed by atoms with van der Waals surface area (Å²) in [5.74, 6) is 1.67. The molecule has 4 aromatic heterocycles. The van der Waals surface area contributed by atoms with Crippen LogP contribution in [0.5, 0.6) is 0 Å². The highest BCUT2D eigenvalue weighted by Gasteiger charge is 2.24. The molecule has 13 rings (SSSR count). The molecule has 0 aliphatic rings. The number of benzene rings is 9. The van der Waals surface area contributed by atoms with Crippen molar-refractivity contribution in [2.45, 2.75) is 0 Å². The first kappa shape index (κ1) is 39.1. The van der Waals surface area contributed by atoms with Crippen molar-refractivity contribution in [3.8, 4) is 79.2 Å². The van der Waals surface area contributed by atoms with E-state index in [4.69, 9.17) is 19.9 Å². The van der Waals surface area contributed by atoms with Gasteiger partial charge in [-0.3, -0.25) is 4.57 Å². The van der Waals surface area contributed by atoms with Gasteiger partial charge in [0.1, 0.15) is 0 Å². The number of pyridine rings is 1. The van der Waals surface area contributed by atoms with Crippen LogP contribution in [0, 0.1) is 0 Å². The SMILES string of the molecule is c1ccc(-c2ccc3c(c2)c2ccc4c5cc(-c6ccccc6)ccc5n(-c5nc(-c6ccccc6)nc(-c6cccc(-c7cccc(-c8ccccc8)n7)c6)n5)c4c2n3-c2ccccc2)cc1. The van der Waals surface area contributed by atoms with Gasteiger partial charge in [0, 0.05) is 49.5 Å². The maximum Gasteiger partial charge on any atom is 0.238 e. The average Bonchev–Trinajstić information content (AvgIpc) is 3.94. The Bertz CT molecular complexity index is 3990. The molecule has 0 saturated heterocycles. The van der Waals surface area contributed by atoms with Crippen molar-refractivity contribution < 1.29 is 0 Å². The van der Waals surface area contributed by atoms with E-state index in [0.717, 1.165) is 99.6 Å². The number of para-hydroxylation sites is 1. The standard InChI is InChI=1S/C62H40N6/c1-6-18-41(19-7-1)45-32-36-56-52(39-45)50-34-35-51-53-40-46(42-20-8-2-9-21-42)33-37-57(53)68(59(51)58(50)67(56)49-28-14-5-15-29-49)62-65-60(44-24-12-4-13-25-44)64-61(66-62)48-27-16-26-47(38-48)55-31-17-30-54(63-55)43-22-10-3-11-23-43/h1-40H. The number of hydrogen-bond donors (Lipinski definition) is 0. The van der Waals surface area contributed by atoms with E-state index in [0.29, 0.717) is 17.6 Å². The van der Waals surface area contributed by atoms with Crippen LogP contribution >= 0.6 is 0 Å². The number of fused-ring (bicyclic) bond motifs is 7. The van der Waals surface area contributed by atoms with Crippen LogP contribution in [0.1, 0.15) is 0 Å². The molecule has 6 nitrogen and oxygen atoms in total. The molecule has 0 atom stereocenters. The van der Waals surface area contributed by atoms with Gasteiger partial charge in [-0.1, -0.05) is 188 Å². The smallest absolute Gasteiger partial charge is 0.238 e. The van der Waals surface area contributed by atoms with Crippen LogP contribution < -0.4 is 0 Å². The maximum atomic E-state index is 5.48. The summed E-state index contributed by atoms with van der Waals surface area (Å²) >= 11 is 0. The maximum absolute atomic E-state index is 5.48. The molecule has 68 heavy (non-hydrogen) atoms. The summed E-state index contributed by atoms with van der Waals surface area (Å²) in [5.41, 5.74) is 15.5. The average molecular weight is 869 g/mol. The Morgan fingerprint density at radius 3 is 1.28 bits per heavy atom. The number of nitrogens with zero attached hydrogens (tertiary/aromatic N) is 6.